The molecule has 0 aliphatic carbocycles. The van der Waals surface area contributed by atoms with Crippen LogP contribution in [-0.2, 0) is 21.3 Å². The average molecular weight is 532 g/mol. The van der Waals surface area contributed by atoms with Gasteiger partial charge in [0.1, 0.15) is 0 Å². The Morgan fingerprint density at radius 1 is 1.17 bits per heavy atom. The predicted molar refractivity (Wildman–Crippen MR) is 128 cm³/mol. The summed E-state index contributed by atoms with van der Waals surface area (Å²) in [5.74, 6) is 0.689. The molecule has 0 spiro atoms. The molecule has 0 aliphatic heterocycles. The summed E-state index contributed by atoms with van der Waals surface area (Å²) in [7, 11) is -2.06. The second kappa shape index (κ2) is 12.1. The van der Waals surface area contributed by atoms with E-state index in [4.69, 9.17) is 10.5 Å². The zero-order chi connectivity index (χ0) is 20.6. The number of hydrogen-bond acceptors (Lipinski definition) is 4. The Balaban J connectivity index is 0.00000420. The summed E-state index contributed by atoms with van der Waals surface area (Å²) in [5.41, 5.74) is 8.80. The van der Waals surface area contributed by atoms with Crippen LogP contribution in [0.5, 0.6) is 0 Å². The first-order valence-electron chi connectivity index (χ1n) is 9.06. The quantitative estimate of drug-likeness (QED) is 0.199. The summed E-state index contributed by atoms with van der Waals surface area (Å²) >= 11 is 0. The fraction of sp³-hybridized carbons (Fsp3) is 0.350. The first-order valence-corrected chi connectivity index (χ1v) is 10.5. The van der Waals surface area contributed by atoms with Crippen LogP contribution in [0, 0.1) is 0 Å². The molecule has 0 saturated carbocycles. The van der Waals surface area contributed by atoms with E-state index >= 15 is 0 Å². The van der Waals surface area contributed by atoms with Gasteiger partial charge in [0.05, 0.1) is 18.0 Å². The van der Waals surface area contributed by atoms with Crippen LogP contribution in [0.25, 0.3) is 0 Å². The van der Waals surface area contributed by atoms with Gasteiger partial charge in [-0.3, -0.25) is 0 Å². The molecule has 160 valence electrons. The van der Waals surface area contributed by atoms with Crippen molar-refractivity contribution in [1.82, 2.24) is 4.72 Å². The highest BCUT2D eigenvalue weighted by molar-refractivity contribution is 14.0. The Morgan fingerprint density at radius 3 is 2.59 bits per heavy atom. The molecule has 9 heteroatoms. The minimum atomic E-state index is -3.58. The largest absolute Gasteiger partial charge is 0.383 e. The topological polar surface area (TPSA) is 106 Å². The highest BCUT2D eigenvalue weighted by Crippen LogP contribution is 2.18. The van der Waals surface area contributed by atoms with E-state index in [2.05, 4.69) is 34.9 Å². The van der Waals surface area contributed by atoms with Gasteiger partial charge in [0, 0.05) is 19.3 Å². The van der Waals surface area contributed by atoms with Crippen molar-refractivity contribution in [3.63, 3.8) is 0 Å². The van der Waals surface area contributed by atoms with Gasteiger partial charge in [-0.1, -0.05) is 38.1 Å². The standard InChI is InChI=1S/C20H28N4O3S.HI/c1-15(2)17-7-5-8-18(13-17)24-20(21)22-14-16-6-4-9-19(12-16)28(25,26)23-10-11-27-3;/h4-9,12-13,15,23H,10-11,14H2,1-3H3,(H3,21,22,24);1H. The molecular formula is C20H29IN4O3S. The van der Waals surface area contributed by atoms with E-state index in [9.17, 15) is 8.42 Å². The van der Waals surface area contributed by atoms with Crippen molar-refractivity contribution >= 4 is 45.6 Å². The maximum absolute atomic E-state index is 12.3. The Labute approximate surface area is 190 Å². The monoisotopic (exact) mass is 532 g/mol. The lowest BCUT2D eigenvalue weighted by Gasteiger charge is -2.10. The molecule has 0 amide bonds. The molecule has 0 atom stereocenters. The molecule has 2 aromatic carbocycles. The number of halogens is 1. The third kappa shape index (κ3) is 8.29. The molecule has 0 heterocycles. The van der Waals surface area contributed by atoms with Crippen LogP contribution in [-0.4, -0.2) is 34.6 Å². The van der Waals surface area contributed by atoms with Gasteiger partial charge in [0.2, 0.25) is 10.0 Å². The zero-order valence-corrected chi connectivity index (χ0v) is 20.0. The number of anilines is 1. The fourth-order valence-electron chi connectivity index (χ4n) is 2.51. The summed E-state index contributed by atoms with van der Waals surface area (Å²) in [6.07, 6.45) is 0. The Morgan fingerprint density at radius 2 is 1.90 bits per heavy atom. The molecule has 0 aromatic heterocycles. The first kappa shape index (κ1) is 25.3. The van der Waals surface area contributed by atoms with Crippen LogP contribution < -0.4 is 15.8 Å². The normalized spacial score (nSPS) is 11.9. The molecule has 4 N–H and O–H groups in total. The van der Waals surface area contributed by atoms with Crippen LogP contribution in [0.3, 0.4) is 0 Å². The number of hydrogen-bond donors (Lipinski definition) is 3. The van der Waals surface area contributed by atoms with E-state index in [1.165, 1.54) is 12.7 Å². The van der Waals surface area contributed by atoms with Crippen molar-refractivity contribution in [2.75, 3.05) is 25.6 Å². The smallest absolute Gasteiger partial charge is 0.240 e. The average Bonchev–Trinajstić information content (AvgIpc) is 2.67. The van der Waals surface area contributed by atoms with E-state index in [1.807, 2.05) is 24.3 Å². The summed E-state index contributed by atoms with van der Waals surface area (Å²) in [6.45, 7) is 5.05. The number of benzene rings is 2. The maximum atomic E-state index is 12.3. The van der Waals surface area contributed by atoms with Gasteiger partial charge in [0.15, 0.2) is 5.96 Å². The maximum Gasteiger partial charge on any atom is 0.240 e. The number of nitrogens with zero attached hydrogens (tertiary/aromatic N) is 1. The van der Waals surface area contributed by atoms with Crippen molar-refractivity contribution in [3.05, 3.63) is 59.7 Å². The van der Waals surface area contributed by atoms with E-state index in [1.54, 1.807) is 18.2 Å². The van der Waals surface area contributed by atoms with E-state index < -0.39 is 10.0 Å². The van der Waals surface area contributed by atoms with Gasteiger partial charge in [0.25, 0.3) is 0 Å². The number of nitrogens with two attached hydrogens (primary N) is 1. The van der Waals surface area contributed by atoms with Gasteiger partial charge in [-0.2, -0.15) is 0 Å². The third-order valence-electron chi connectivity index (χ3n) is 4.06. The van der Waals surface area contributed by atoms with Crippen LogP contribution in [0.15, 0.2) is 58.4 Å². The van der Waals surface area contributed by atoms with Crippen molar-refractivity contribution in [1.29, 1.82) is 0 Å². The summed E-state index contributed by atoms with van der Waals surface area (Å²) < 4.78 is 31.9. The summed E-state index contributed by atoms with van der Waals surface area (Å²) in [5, 5.41) is 3.07. The molecule has 0 fully saturated rings. The van der Waals surface area contributed by atoms with Crippen molar-refractivity contribution in [3.8, 4) is 0 Å². The molecule has 0 radical (unpaired) electrons. The number of sulfonamides is 1. The fourth-order valence-corrected chi connectivity index (χ4v) is 3.59. The van der Waals surface area contributed by atoms with Crippen LogP contribution in [0.2, 0.25) is 0 Å². The van der Waals surface area contributed by atoms with Gasteiger partial charge < -0.3 is 15.8 Å². The van der Waals surface area contributed by atoms with Gasteiger partial charge in [-0.05, 0) is 41.3 Å². The molecule has 0 saturated heterocycles. The van der Waals surface area contributed by atoms with Crippen molar-refractivity contribution in [2.45, 2.75) is 31.2 Å². The lowest BCUT2D eigenvalue weighted by atomic mass is 10.0. The number of guanidine groups is 1. The number of rotatable bonds is 9. The first-order chi connectivity index (χ1) is 13.3. The number of ether oxygens (including phenoxy) is 1. The minimum Gasteiger partial charge on any atom is -0.383 e. The van der Waals surface area contributed by atoms with Gasteiger partial charge in [-0.25, -0.2) is 18.1 Å². The second-order valence-corrected chi connectivity index (χ2v) is 8.41. The third-order valence-corrected chi connectivity index (χ3v) is 5.52. The highest BCUT2D eigenvalue weighted by atomic mass is 127. The molecule has 0 bridgehead atoms. The van der Waals surface area contributed by atoms with Crippen LogP contribution in [0.1, 0.15) is 30.9 Å². The lowest BCUT2D eigenvalue weighted by Crippen LogP contribution is -2.27. The Hall–Kier alpha value is -1.69. The number of methoxy groups -OCH3 is 1. The SMILES string of the molecule is COCCNS(=O)(=O)c1cccc(CN=C(N)Nc2cccc(C(C)C)c2)c1.I. The molecule has 0 unspecified atom stereocenters. The molecule has 0 aliphatic rings. The summed E-state index contributed by atoms with van der Waals surface area (Å²) in [4.78, 5) is 4.50. The Bertz CT molecular complexity index is 917. The number of nitrogens with one attached hydrogen (secondary N) is 2. The van der Waals surface area contributed by atoms with Crippen LogP contribution >= 0.6 is 24.0 Å². The van der Waals surface area contributed by atoms with Crippen molar-refractivity contribution < 1.29 is 13.2 Å². The minimum absolute atomic E-state index is 0. The summed E-state index contributed by atoms with van der Waals surface area (Å²) in [6, 6.07) is 14.6. The lowest BCUT2D eigenvalue weighted by molar-refractivity contribution is 0.204. The van der Waals surface area contributed by atoms with Gasteiger partial charge >= 0.3 is 0 Å². The van der Waals surface area contributed by atoms with Crippen LogP contribution in [0.4, 0.5) is 5.69 Å². The van der Waals surface area contributed by atoms with E-state index in [0.29, 0.717) is 12.5 Å². The molecular weight excluding hydrogens is 503 g/mol. The molecule has 2 rings (SSSR count). The molecule has 7 nitrogen and oxygen atoms in total. The molecule has 2 aromatic rings. The number of aliphatic imine (C=N–C) groups is 1. The highest BCUT2D eigenvalue weighted by Gasteiger charge is 2.13. The molecule has 29 heavy (non-hydrogen) atoms. The van der Waals surface area contributed by atoms with Gasteiger partial charge in [-0.15, -0.1) is 24.0 Å². The van der Waals surface area contributed by atoms with E-state index in [-0.39, 0.29) is 47.9 Å². The van der Waals surface area contributed by atoms with E-state index in [0.717, 1.165) is 11.3 Å². The predicted octanol–water partition coefficient (Wildman–Crippen LogP) is 3.28. The second-order valence-electron chi connectivity index (χ2n) is 6.64. The Kier molecular flexibility index (Phi) is 10.6. The zero-order valence-electron chi connectivity index (χ0n) is 16.9. The van der Waals surface area contributed by atoms with Crippen molar-refractivity contribution in [2.24, 2.45) is 10.7 Å².